The molecule has 2 nitrogen and oxygen atoms in total. The van der Waals surface area contributed by atoms with Gasteiger partial charge in [-0.3, -0.25) is 0 Å². The van der Waals surface area contributed by atoms with Gasteiger partial charge < -0.3 is 10.4 Å². The van der Waals surface area contributed by atoms with Crippen LogP contribution in [0.3, 0.4) is 0 Å². The largest absolute Gasteiger partial charge is 0.390 e. The molecule has 64 valence electrons. The molecule has 0 rings (SSSR count). The summed E-state index contributed by atoms with van der Waals surface area (Å²) in [6.45, 7) is 5.27. The minimum Gasteiger partial charge on any atom is -0.390 e. The molecule has 0 aliphatic carbocycles. The van der Waals surface area contributed by atoms with Crippen molar-refractivity contribution in [3.8, 4) is 12.3 Å². The third-order valence-corrected chi connectivity index (χ3v) is 1.36. The standard InChI is InChI=1S/C9H17NO/c1-4-5-7-10-8-6-9(2,3)11/h1,10-11H,5-8H2,2-3H3. The molecule has 2 N–H and O–H groups in total. The molecule has 0 spiro atoms. The van der Waals surface area contributed by atoms with Gasteiger partial charge in [-0.1, -0.05) is 0 Å². The fraction of sp³-hybridized carbons (Fsp3) is 0.778. The number of terminal acetylenes is 1. The Labute approximate surface area is 69.0 Å². The van der Waals surface area contributed by atoms with Crippen molar-refractivity contribution < 1.29 is 5.11 Å². The summed E-state index contributed by atoms with van der Waals surface area (Å²) in [4.78, 5) is 0. The average Bonchev–Trinajstić information content (AvgIpc) is 1.85. The number of aliphatic hydroxyl groups is 1. The summed E-state index contributed by atoms with van der Waals surface area (Å²) in [5.74, 6) is 2.54. The first kappa shape index (κ1) is 10.5. The van der Waals surface area contributed by atoms with Crippen LogP contribution in [0.25, 0.3) is 0 Å². The fourth-order valence-electron chi connectivity index (χ4n) is 0.680. The van der Waals surface area contributed by atoms with Gasteiger partial charge >= 0.3 is 0 Å². The van der Waals surface area contributed by atoms with Gasteiger partial charge in [0, 0.05) is 13.0 Å². The summed E-state index contributed by atoms with van der Waals surface area (Å²) in [6, 6.07) is 0. The van der Waals surface area contributed by atoms with Gasteiger partial charge in [-0.15, -0.1) is 12.3 Å². The van der Waals surface area contributed by atoms with Crippen molar-refractivity contribution in [3.05, 3.63) is 0 Å². The van der Waals surface area contributed by atoms with Crippen LogP contribution >= 0.6 is 0 Å². The van der Waals surface area contributed by atoms with E-state index in [4.69, 9.17) is 6.42 Å². The van der Waals surface area contributed by atoms with Crippen molar-refractivity contribution in [1.82, 2.24) is 5.32 Å². The molecule has 0 unspecified atom stereocenters. The van der Waals surface area contributed by atoms with Gasteiger partial charge in [0.05, 0.1) is 5.60 Å². The minimum atomic E-state index is -0.566. The molecule has 0 heterocycles. The van der Waals surface area contributed by atoms with E-state index in [2.05, 4.69) is 11.2 Å². The predicted molar refractivity (Wildman–Crippen MR) is 47.2 cm³/mol. The van der Waals surface area contributed by atoms with Crippen molar-refractivity contribution in [1.29, 1.82) is 0 Å². The van der Waals surface area contributed by atoms with E-state index in [1.165, 1.54) is 0 Å². The first-order valence-electron chi connectivity index (χ1n) is 3.93. The topological polar surface area (TPSA) is 32.3 Å². The third-order valence-electron chi connectivity index (χ3n) is 1.36. The maximum absolute atomic E-state index is 9.29. The Morgan fingerprint density at radius 2 is 2.09 bits per heavy atom. The number of rotatable bonds is 5. The fourth-order valence-corrected chi connectivity index (χ4v) is 0.680. The Hall–Kier alpha value is -0.520. The van der Waals surface area contributed by atoms with Crippen LogP contribution in [-0.4, -0.2) is 23.8 Å². The highest BCUT2D eigenvalue weighted by molar-refractivity contribution is 4.84. The van der Waals surface area contributed by atoms with Crippen LogP contribution in [0.1, 0.15) is 26.7 Å². The highest BCUT2D eigenvalue weighted by Gasteiger charge is 2.10. The SMILES string of the molecule is C#CCCNCCC(C)(C)O. The van der Waals surface area contributed by atoms with E-state index in [1.54, 1.807) is 13.8 Å². The molecule has 0 aliphatic heterocycles. The molecule has 0 aromatic heterocycles. The molecule has 0 bridgehead atoms. The molecule has 0 aromatic rings. The molecular formula is C9H17NO. The summed E-state index contributed by atoms with van der Waals surface area (Å²) >= 11 is 0. The number of nitrogens with one attached hydrogen (secondary N) is 1. The molecule has 0 aromatic carbocycles. The lowest BCUT2D eigenvalue weighted by atomic mass is 10.1. The van der Waals surface area contributed by atoms with Crippen molar-refractivity contribution in [3.63, 3.8) is 0 Å². The van der Waals surface area contributed by atoms with Crippen LogP contribution in [-0.2, 0) is 0 Å². The Bertz CT molecular complexity index is 129. The molecule has 0 radical (unpaired) electrons. The molecule has 0 fully saturated rings. The van der Waals surface area contributed by atoms with Gasteiger partial charge in [0.25, 0.3) is 0 Å². The zero-order valence-corrected chi connectivity index (χ0v) is 7.35. The molecule has 11 heavy (non-hydrogen) atoms. The lowest BCUT2D eigenvalue weighted by Gasteiger charge is -2.16. The Morgan fingerprint density at radius 1 is 1.45 bits per heavy atom. The molecule has 0 atom stereocenters. The van der Waals surface area contributed by atoms with Crippen LogP contribution in [0.2, 0.25) is 0 Å². The maximum Gasteiger partial charge on any atom is 0.0603 e. The lowest BCUT2D eigenvalue weighted by Crippen LogP contribution is -2.27. The van der Waals surface area contributed by atoms with E-state index in [1.807, 2.05) is 0 Å². The Morgan fingerprint density at radius 3 is 2.55 bits per heavy atom. The predicted octanol–water partition coefficient (Wildman–Crippen LogP) is 0.760. The zero-order valence-electron chi connectivity index (χ0n) is 7.35. The van der Waals surface area contributed by atoms with Gasteiger partial charge in [-0.05, 0) is 26.8 Å². The van der Waals surface area contributed by atoms with Crippen molar-refractivity contribution in [2.75, 3.05) is 13.1 Å². The molecular weight excluding hydrogens is 138 g/mol. The van der Waals surface area contributed by atoms with Gasteiger partial charge in [0.15, 0.2) is 0 Å². The molecule has 0 saturated carbocycles. The summed E-state index contributed by atoms with van der Waals surface area (Å²) in [6.07, 6.45) is 6.57. The van der Waals surface area contributed by atoms with Crippen LogP contribution in [0.4, 0.5) is 0 Å². The minimum absolute atomic E-state index is 0.566. The highest BCUT2D eigenvalue weighted by atomic mass is 16.3. The maximum atomic E-state index is 9.29. The van der Waals surface area contributed by atoms with Gasteiger partial charge in [-0.2, -0.15) is 0 Å². The lowest BCUT2D eigenvalue weighted by molar-refractivity contribution is 0.0713. The van der Waals surface area contributed by atoms with Crippen LogP contribution in [0.15, 0.2) is 0 Å². The van der Waals surface area contributed by atoms with Crippen molar-refractivity contribution in [2.45, 2.75) is 32.3 Å². The van der Waals surface area contributed by atoms with E-state index < -0.39 is 5.60 Å². The molecule has 0 saturated heterocycles. The van der Waals surface area contributed by atoms with E-state index in [0.717, 1.165) is 25.9 Å². The first-order chi connectivity index (χ1) is 5.06. The van der Waals surface area contributed by atoms with Gasteiger partial charge in [0.2, 0.25) is 0 Å². The van der Waals surface area contributed by atoms with E-state index in [0.29, 0.717) is 0 Å². The third kappa shape index (κ3) is 9.48. The number of hydrogen-bond acceptors (Lipinski definition) is 2. The molecule has 0 aliphatic rings. The summed E-state index contributed by atoms with van der Waals surface area (Å²) in [5.41, 5.74) is -0.566. The second-order valence-corrected chi connectivity index (χ2v) is 3.27. The van der Waals surface area contributed by atoms with Crippen LogP contribution in [0, 0.1) is 12.3 Å². The average molecular weight is 155 g/mol. The van der Waals surface area contributed by atoms with E-state index >= 15 is 0 Å². The highest BCUT2D eigenvalue weighted by Crippen LogP contribution is 2.04. The molecule has 2 heteroatoms. The molecule has 0 amide bonds. The van der Waals surface area contributed by atoms with Gasteiger partial charge in [0.1, 0.15) is 0 Å². The number of hydrogen-bond donors (Lipinski definition) is 2. The van der Waals surface area contributed by atoms with Crippen molar-refractivity contribution >= 4 is 0 Å². The zero-order chi connectivity index (χ0) is 8.74. The summed E-state index contributed by atoms with van der Waals surface area (Å²) < 4.78 is 0. The Balaban J connectivity index is 3.10. The van der Waals surface area contributed by atoms with Gasteiger partial charge in [-0.25, -0.2) is 0 Å². The quantitative estimate of drug-likeness (QED) is 0.454. The summed E-state index contributed by atoms with van der Waals surface area (Å²) in [5, 5.41) is 12.4. The van der Waals surface area contributed by atoms with E-state index in [9.17, 15) is 5.11 Å². The van der Waals surface area contributed by atoms with Crippen LogP contribution < -0.4 is 5.32 Å². The monoisotopic (exact) mass is 155 g/mol. The second-order valence-electron chi connectivity index (χ2n) is 3.27. The smallest absolute Gasteiger partial charge is 0.0603 e. The van der Waals surface area contributed by atoms with Crippen LogP contribution in [0.5, 0.6) is 0 Å². The van der Waals surface area contributed by atoms with Crippen molar-refractivity contribution in [2.24, 2.45) is 0 Å². The second kappa shape index (κ2) is 5.17. The Kier molecular flexibility index (Phi) is 4.93. The summed E-state index contributed by atoms with van der Waals surface area (Å²) in [7, 11) is 0. The normalized spacial score (nSPS) is 11.1. The van der Waals surface area contributed by atoms with E-state index in [-0.39, 0.29) is 0 Å². The first-order valence-corrected chi connectivity index (χ1v) is 3.93.